The number of sulfonamides is 1. The second-order valence-electron chi connectivity index (χ2n) is 9.36. The Balaban J connectivity index is 2.08. The Hall–Kier alpha value is -1.47. The molecule has 0 bridgehead atoms. The van der Waals surface area contributed by atoms with Crippen LogP contribution in [0.5, 0.6) is 0 Å². The molecule has 0 aromatic heterocycles. The van der Waals surface area contributed by atoms with E-state index in [1.165, 1.54) is 0 Å². The lowest BCUT2D eigenvalue weighted by Gasteiger charge is -2.58. The lowest BCUT2D eigenvalue weighted by Crippen LogP contribution is -2.77. The highest BCUT2D eigenvalue weighted by Crippen LogP contribution is 2.49. The van der Waals surface area contributed by atoms with Gasteiger partial charge in [-0.3, -0.25) is 0 Å². The third-order valence-electron chi connectivity index (χ3n) is 6.56. The molecule has 1 fully saturated rings. The van der Waals surface area contributed by atoms with Crippen LogP contribution in [-0.2, 0) is 16.4 Å². The summed E-state index contributed by atoms with van der Waals surface area (Å²) < 4.78 is 28.2. The largest absolute Gasteiger partial charge is 0.303 e. The molecular formula is C22H29ClN2O2SSi. The van der Waals surface area contributed by atoms with Gasteiger partial charge in [-0.1, -0.05) is 87.9 Å². The first kappa shape index (κ1) is 22.2. The summed E-state index contributed by atoms with van der Waals surface area (Å²) in [6.07, 6.45) is 0.294. The van der Waals surface area contributed by atoms with Gasteiger partial charge in [0, 0.05) is 18.0 Å². The fraction of sp³-hybridized carbons (Fsp3) is 0.409. The van der Waals surface area contributed by atoms with Gasteiger partial charge in [0.05, 0.1) is 5.71 Å². The van der Waals surface area contributed by atoms with E-state index in [1.807, 2.05) is 30.3 Å². The summed E-state index contributed by atoms with van der Waals surface area (Å²) in [6.45, 7) is 10.9. The average molecular weight is 449 g/mol. The minimum atomic E-state index is -3.68. The Morgan fingerprint density at radius 2 is 1.66 bits per heavy atom. The highest BCUT2D eigenvalue weighted by Gasteiger charge is 2.66. The zero-order chi connectivity index (χ0) is 21.7. The Morgan fingerprint density at radius 3 is 2.14 bits per heavy atom. The highest BCUT2D eigenvalue weighted by molar-refractivity contribution is 7.94. The first-order valence-electron chi connectivity index (χ1n) is 9.74. The monoisotopic (exact) mass is 448 g/mol. The number of hydrogen-bond donors (Lipinski definition) is 1. The molecule has 29 heavy (non-hydrogen) atoms. The van der Waals surface area contributed by atoms with E-state index in [-0.39, 0.29) is 10.7 Å². The molecule has 4 nitrogen and oxygen atoms in total. The average Bonchev–Trinajstić information content (AvgIpc) is 2.64. The van der Waals surface area contributed by atoms with Crippen LogP contribution in [0.3, 0.4) is 0 Å². The summed E-state index contributed by atoms with van der Waals surface area (Å²) in [5.41, 5.74) is 1.67. The number of rotatable bonds is 5. The van der Waals surface area contributed by atoms with Crippen LogP contribution in [0.2, 0.25) is 23.2 Å². The van der Waals surface area contributed by atoms with Crippen molar-refractivity contribution in [2.75, 3.05) is 6.54 Å². The van der Waals surface area contributed by atoms with Crippen LogP contribution in [-0.4, -0.2) is 37.6 Å². The standard InChI is InChI=1S/C22H29ClN2O2SSi/c1-21(2,3)29(4,5)25-16-22(28(25,26)27,15-17-9-7-6-8-10-17)20(24)18-11-13-19(23)14-12-18/h6-14,24H,15-16H2,1-5H3. The van der Waals surface area contributed by atoms with Crippen molar-refractivity contribution in [3.63, 3.8) is 0 Å². The Morgan fingerprint density at radius 1 is 1.10 bits per heavy atom. The third kappa shape index (κ3) is 3.61. The normalized spacial score (nSPS) is 22.1. The van der Waals surface area contributed by atoms with Crippen LogP contribution < -0.4 is 0 Å². The molecule has 156 valence electrons. The SMILES string of the molecule is CC(C)(C)[Si](C)(C)N1CC(Cc2ccccc2)(C(=N)c2ccc(Cl)cc2)S1(=O)=O. The van der Waals surface area contributed by atoms with E-state index in [0.717, 1.165) is 5.56 Å². The fourth-order valence-electron chi connectivity index (χ4n) is 3.66. The number of hydrogen-bond acceptors (Lipinski definition) is 3. The maximum atomic E-state index is 13.8. The van der Waals surface area contributed by atoms with Gasteiger partial charge in [-0.05, 0) is 28.3 Å². The summed E-state index contributed by atoms with van der Waals surface area (Å²) in [6, 6.07) is 16.5. The van der Waals surface area contributed by atoms with Crippen molar-refractivity contribution in [1.29, 1.82) is 5.41 Å². The van der Waals surface area contributed by atoms with Crippen molar-refractivity contribution >= 4 is 35.6 Å². The summed E-state index contributed by atoms with van der Waals surface area (Å²) in [5, 5.41) is 9.39. The van der Waals surface area contributed by atoms with Crippen molar-refractivity contribution < 1.29 is 8.42 Å². The topological polar surface area (TPSA) is 61.2 Å². The number of halogens is 1. The molecule has 0 radical (unpaired) electrons. The van der Waals surface area contributed by atoms with Gasteiger partial charge in [0.25, 0.3) is 0 Å². The molecule has 1 saturated heterocycles. The number of benzene rings is 2. The smallest absolute Gasteiger partial charge is 0.221 e. The zero-order valence-corrected chi connectivity index (χ0v) is 20.2. The lowest BCUT2D eigenvalue weighted by molar-refractivity contribution is 0.392. The van der Waals surface area contributed by atoms with Crippen LogP contribution in [0.1, 0.15) is 31.9 Å². The van der Waals surface area contributed by atoms with E-state index in [4.69, 9.17) is 17.0 Å². The third-order valence-corrected chi connectivity index (χ3v) is 16.2. The molecule has 1 atom stereocenters. The van der Waals surface area contributed by atoms with Crippen LogP contribution in [0.15, 0.2) is 54.6 Å². The van der Waals surface area contributed by atoms with E-state index < -0.39 is 23.0 Å². The molecule has 0 spiro atoms. The molecule has 1 aliphatic heterocycles. The number of nitrogens with one attached hydrogen (secondary N) is 1. The van der Waals surface area contributed by atoms with E-state index in [9.17, 15) is 8.42 Å². The van der Waals surface area contributed by atoms with E-state index in [2.05, 4.69) is 33.9 Å². The molecule has 2 aromatic rings. The molecule has 0 saturated carbocycles. The quantitative estimate of drug-likeness (QED) is 0.495. The lowest BCUT2D eigenvalue weighted by atomic mass is 9.89. The van der Waals surface area contributed by atoms with E-state index in [0.29, 0.717) is 23.6 Å². The molecule has 1 aliphatic rings. The summed E-state index contributed by atoms with van der Waals surface area (Å²) in [5.74, 6) is 0. The van der Waals surface area contributed by atoms with Crippen molar-refractivity contribution in [2.45, 2.75) is 50.1 Å². The predicted octanol–water partition coefficient (Wildman–Crippen LogP) is 5.34. The highest BCUT2D eigenvalue weighted by atomic mass is 35.5. The zero-order valence-electron chi connectivity index (χ0n) is 17.7. The van der Waals surface area contributed by atoms with Crippen molar-refractivity contribution in [3.05, 3.63) is 70.7 Å². The van der Waals surface area contributed by atoms with Crippen LogP contribution in [0.25, 0.3) is 0 Å². The predicted molar refractivity (Wildman–Crippen MR) is 124 cm³/mol. The van der Waals surface area contributed by atoms with Gasteiger partial charge in [0.2, 0.25) is 10.0 Å². The van der Waals surface area contributed by atoms with Gasteiger partial charge in [-0.2, -0.15) is 0 Å². The van der Waals surface area contributed by atoms with Gasteiger partial charge in [0.15, 0.2) is 0 Å². The van der Waals surface area contributed by atoms with Crippen molar-refractivity contribution in [1.82, 2.24) is 3.97 Å². The van der Waals surface area contributed by atoms with E-state index in [1.54, 1.807) is 28.2 Å². The summed E-state index contributed by atoms with van der Waals surface area (Å²) >= 11 is 6.01. The Kier molecular flexibility index (Phi) is 5.62. The second kappa shape index (κ2) is 7.34. The van der Waals surface area contributed by atoms with E-state index >= 15 is 0 Å². The first-order chi connectivity index (χ1) is 13.3. The first-order valence-corrected chi connectivity index (χ1v) is 14.5. The van der Waals surface area contributed by atoms with Crippen molar-refractivity contribution in [2.24, 2.45) is 0 Å². The minimum absolute atomic E-state index is 0.110. The molecule has 0 amide bonds. The molecule has 1 unspecified atom stereocenters. The Labute approximate surface area is 180 Å². The molecule has 3 rings (SSSR count). The molecule has 1 N–H and O–H groups in total. The molecule has 7 heteroatoms. The Bertz CT molecular complexity index is 1020. The van der Waals surface area contributed by atoms with Gasteiger partial charge in [-0.25, -0.2) is 12.4 Å². The minimum Gasteiger partial charge on any atom is -0.303 e. The maximum Gasteiger partial charge on any atom is 0.221 e. The molecule has 2 aromatic carbocycles. The molecular weight excluding hydrogens is 420 g/mol. The van der Waals surface area contributed by atoms with Crippen LogP contribution >= 0.6 is 11.6 Å². The number of nitrogens with zero attached hydrogens (tertiary/aromatic N) is 1. The van der Waals surface area contributed by atoms with Crippen LogP contribution in [0, 0.1) is 5.41 Å². The van der Waals surface area contributed by atoms with Crippen LogP contribution in [0.4, 0.5) is 0 Å². The van der Waals surface area contributed by atoms with Gasteiger partial charge >= 0.3 is 0 Å². The summed E-state index contributed by atoms with van der Waals surface area (Å²) in [7, 11) is -5.97. The van der Waals surface area contributed by atoms with Gasteiger partial charge in [-0.15, -0.1) is 0 Å². The maximum absolute atomic E-state index is 13.8. The van der Waals surface area contributed by atoms with Gasteiger partial charge in [0.1, 0.15) is 13.0 Å². The molecule has 0 aliphatic carbocycles. The fourth-order valence-corrected chi connectivity index (χ4v) is 10.7. The van der Waals surface area contributed by atoms with Gasteiger partial charge < -0.3 is 5.41 Å². The van der Waals surface area contributed by atoms with Crippen molar-refractivity contribution in [3.8, 4) is 0 Å². The summed E-state index contributed by atoms with van der Waals surface area (Å²) in [4.78, 5) is 0. The second-order valence-corrected chi connectivity index (χ2v) is 17.5. The molecule has 1 heterocycles.